The van der Waals surface area contributed by atoms with Gasteiger partial charge in [0.1, 0.15) is 12.1 Å². The average Bonchev–Trinajstić information content (AvgIpc) is 2.97. The Hall–Kier alpha value is -2.48. The number of nitrogens with zero attached hydrogens (tertiary/aromatic N) is 5. The summed E-state index contributed by atoms with van der Waals surface area (Å²) in [6.07, 6.45) is 5.08. The van der Waals surface area contributed by atoms with Crippen molar-refractivity contribution in [2.75, 3.05) is 31.2 Å². The van der Waals surface area contributed by atoms with Gasteiger partial charge in [0.15, 0.2) is 0 Å². The molecule has 0 unspecified atom stereocenters. The number of aryl methyl sites for hydroxylation is 1. The number of amides is 1. The third-order valence-corrected chi connectivity index (χ3v) is 5.38. The van der Waals surface area contributed by atoms with Crippen molar-refractivity contribution in [2.24, 2.45) is 7.05 Å². The molecule has 4 rings (SSSR count). The molecule has 1 saturated heterocycles. The first-order chi connectivity index (χ1) is 12.6. The lowest BCUT2D eigenvalue weighted by Gasteiger charge is -2.36. The van der Waals surface area contributed by atoms with Crippen LogP contribution in [0.5, 0.6) is 0 Å². The molecule has 0 aromatic carbocycles. The Morgan fingerprint density at radius 2 is 2.04 bits per heavy atom. The van der Waals surface area contributed by atoms with Crippen molar-refractivity contribution in [3.05, 3.63) is 35.5 Å². The third kappa shape index (κ3) is 3.29. The zero-order chi connectivity index (χ0) is 18.1. The van der Waals surface area contributed by atoms with Crippen molar-refractivity contribution in [2.45, 2.75) is 31.7 Å². The Morgan fingerprint density at radius 3 is 2.73 bits per heavy atom. The maximum absolute atomic E-state index is 12.4. The van der Waals surface area contributed by atoms with E-state index >= 15 is 0 Å². The first-order valence-corrected chi connectivity index (χ1v) is 9.06. The van der Waals surface area contributed by atoms with E-state index in [1.54, 1.807) is 17.2 Å². The highest BCUT2D eigenvalue weighted by Gasteiger charge is 2.33. The number of nitrogens with one attached hydrogen (secondary N) is 1. The lowest BCUT2D eigenvalue weighted by molar-refractivity contribution is 0.0907. The molecule has 0 atom stereocenters. The summed E-state index contributed by atoms with van der Waals surface area (Å²) in [5.41, 5.74) is 2.58. The smallest absolute Gasteiger partial charge is 0.254 e. The molecule has 0 radical (unpaired) electrons. The molecule has 8 nitrogen and oxygen atoms in total. The van der Waals surface area contributed by atoms with E-state index in [9.17, 15) is 4.79 Å². The van der Waals surface area contributed by atoms with E-state index in [1.807, 2.05) is 14.0 Å². The van der Waals surface area contributed by atoms with Crippen LogP contribution in [0.4, 0.5) is 5.82 Å². The van der Waals surface area contributed by atoms with Gasteiger partial charge in [0, 0.05) is 49.6 Å². The van der Waals surface area contributed by atoms with E-state index in [0.717, 1.165) is 56.4 Å². The number of ether oxygens (including phenoxy) is 1. The van der Waals surface area contributed by atoms with Gasteiger partial charge in [-0.2, -0.15) is 5.10 Å². The molecule has 1 amide bonds. The summed E-state index contributed by atoms with van der Waals surface area (Å²) in [5.74, 6) is 1.30. The Labute approximate surface area is 152 Å². The Kier molecular flexibility index (Phi) is 4.58. The number of hydrogen-bond acceptors (Lipinski definition) is 6. The average molecular weight is 356 g/mol. The third-order valence-electron chi connectivity index (χ3n) is 5.38. The summed E-state index contributed by atoms with van der Waals surface area (Å²) >= 11 is 0. The SMILES string of the molecule is Cc1c(C(=O)NC2CC(c3cc(N4CCOCC4)ncn3)C2)cnn1C. The zero-order valence-electron chi connectivity index (χ0n) is 15.2. The molecular weight excluding hydrogens is 332 g/mol. The Bertz CT molecular complexity index is 793. The molecule has 26 heavy (non-hydrogen) atoms. The lowest BCUT2D eigenvalue weighted by Crippen LogP contribution is -2.43. The fourth-order valence-corrected chi connectivity index (χ4v) is 3.51. The van der Waals surface area contributed by atoms with Crippen molar-refractivity contribution < 1.29 is 9.53 Å². The minimum Gasteiger partial charge on any atom is -0.378 e. The Balaban J connectivity index is 1.34. The van der Waals surface area contributed by atoms with Gasteiger partial charge in [0.2, 0.25) is 0 Å². The number of carbonyl (C=O) groups excluding carboxylic acids is 1. The van der Waals surface area contributed by atoms with Gasteiger partial charge >= 0.3 is 0 Å². The van der Waals surface area contributed by atoms with E-state index in [0.29, 0.717) is 11.5 Å². The largest absolute Gasteiger partial charge is 0.378 e. The molecule has 1 aliphatic carbocycles. The van der Waals surface area contributed by atoms with Crippen LogP contribution in [-0.2, 0) is 11.8 Å². The molecule has 1 aliphatic heterocycles. The number of carbonyl (C=O) groups is 1. The predicted octanol–water partition coefficient (Wildman–Crippen LogP) is 1.03. The van der Waals surface area contributed by atoms with Crippen LogP contribution >= 0.6 is 0 Å². The number of anilines is 1. The maximum atomic E-state index is 12.4. The summed E-state index contributed by atoms with van der Waals surface area (Å²) in [5, 5.41) is 7.23. The number of aromatic nitrogens is 4. The summed E-state index contributed by atoms with van der Waals surface area (Å²) in [6.45, 7) is 5.11. The normalized spacial score (nSPS) is 22.8. The van der Waals surface area contributed by atoms with E-state index < -0.39 is 0 Å². The van der Waals surface area contributed by atoms with Crippen molar-refractivity contribution in [1.29, 1.82) is 0 Å². The van der Waals surface area contributed by atoms with Gasteiger partial charge in [0.25, 0.3) is 5.91 Å². The number of morpholine rings is 1. The van der Waals surface area contributed by atoms with Gasteiger partial charge in [-0.25, -0.2) is 9.97 Å². The molecule has 8 heteroatoms. The molecular formula is C18H24N6O2. The van der Waals surface area contributed by atoms with Gasteiger partial charge < -0.3 is 15.0 Å². The highest BCUT2D eigenvalue weighted by Crippen LogP contribution is 2.36. The van der Waals surface area contributed by atoms with E-state index in [4.69, 9.17) is 4.74 Å². The topological polar surface area (TPSA) is 85.2 Å². The fourth-order valence-electron chi connectivity index (χ4n) is 3.51. The van der Waals surface area contributed by atoms with Gasteiger partial charge in [-0.05, 0) is 19.8 Å². The molecule has 138 valence electrons. The molecule has 0 spiro atoms. The summed E-state index contributed by atoms with van der Waals surface area (Å²) in [6, 6.07) is 2.27. The highest BCUT2D eigenvalue weighted by atomic mass is 16.5. The maximum Gasteiger partial charge on any atom is 0.254 e. The summed E-state index contributed by atoms with van der Waals surface area (Å²) in [7, 11) is 1.84. The first-order valence-electron chi connectivity index (χ1n) is 9.06. The second kappa shape index (κ2) is 7.03. The van der Waals surface area contributed by atoms with Crippen LogP contribution in [0.15, 0.2) is 18.6 Å². The molecule has 1 saturated carbocycles. The minimum atomic E-state index is -0.0456. The molecule has 0 bridgehead atoms. The predicted molar refractivity (Wildman–Crippen MR) is 96.2 cm³/mol. The van der Waals surface area contributed by atoms with Gasteiger partial charge in [-0.1, -0.05) is 0 Å². The van der Waals surface area contributed by atoms with Crippen LogP contribution < -0.4 is 10.2 Å². The minimum absolute atomic E-state index is 0.0456. The summed E-state index contributed by atoms with van der Waals surface area (Å²) < 4.78 is 7.11. The second-order valence-electron chi connectivity index (χ2n) is 7.01. The first kappa shape index (κ1) is 17.0. The van der Waals surface area contributed by atoms with Crippen LogP contribution in [0.2, 0.25) is 0 Å². The van der Waals surface area contributed by atoms with Crippen molar-refractivity contribution in [3.63, 3.8) is 0 Å². The summed E-state index contributed by atoms with van der Waals surface area (Å²) in [4.78, 5) is 23.5. The van der Waals surface area contributed by atoms with Crippen LogP contribution in [0.25, 0.3) is 0 Å². The lowest BCUT2D eigenvalue weighted by atomic mass is 9.78. The van der Waals surface area contributed by atoms with Crippen LogP contribution in [-0.4, -0.2) is 58.0 Å². The molecule has 2 aromatic heterocycles. The molecule has 2 fully saturated rings. The van der Waals surface area contributed by atoms with Gasteiger partial charge in [-0.3, -0.25) is 9.48 Å². The van der Waals surface area contributed by atoms with Crippen LogP contribution in [0, 0.1) is 6.92 Å². The van der Waals surface area contributed by atoms with Gasteiger partial charge in [0.05, 0.1) is 25.0 Å². The quantitative estimate of drug-likeness (QED) is 0.881. The highest BCUT2D eigenvalue weighted by molar-refractivity contribution is 5.95. The van der Waals surface area contributed by atoms with E-state index in [-0.39, 0.29) is 11.9 Å². The van der Waals surface area contributed by atoms with Gasteiger partial charge in [-0.15, -0.1) is 0 Å². The standard InChI is InChI=1S/C18H24N6O2/c1-12-15(10-21-23(12)2)18(25)22-14-7-13(8-14)16-9-17(20-11-19-16)24-3-5-26-6-4-24/h9-11,13-14H,3-8H2,1-2H3,(H,22,25). The number of rotatable bonds is 4. The van der Waals surface area contributed by atoms with Crippen molar-refractivity contribution >= 4 is 11.7 Å². The Morgan fingerprint density at radius 1 is 1.27 bits per heavy atom. The molecule has 1 N–H and O–H groups in total. The second-order valence-corrected chi connectivity index (χ2v) is 7.01. The monoisotopic (exact) mass is 356 g/mol. The van der Waals surface area contributed by atoms with E-state index in [2.05, 4.69) is 31.3 Å². The van der Waals surface area contributed by atoms with Crippen molar-refractivity contribution in [1.82, 2.24) is 25.1 Å². The van der Waals surface area contributed by atoms with Crippen LogP contribution in [0.3, 0.4) is 0 Å². The van der Waals surface area contributed by atoms with Crippen LogP contribution in [0.1, 0.15) is 40.5 Å². The molecule has 2 aliphatic rings. The molecule has 3 heterocycles. The van der Waals surface area contributed by atoms with E-state index in [1.165, 1.54) is 0 Å². The fraction of sp³-hybridized carbons (Fsp3) is 0.556. The van der Waals surface area contributed by atoms with Crippen molar-refractivity contribution in [3.8, 4) is 0 Å². The molecule has 2 aromatic rings. The zero-order valence-corrected chi connectivity index (χ0v) is 15.2. The number of hydrogen-bond donors (Lipinski definition) is 1.